The Morgan fingerprint density at radius 2 is 1.57 bits per heavy atom. The highest BCUT2D eigenvalue weighted by atomic mass is 16.5. The first kappa shape index (κ1) is 21.0. The van der Waals surface area contributed by atoms with E-state index in [1.54, 1.807) is 18.2 Å². The number of benzene rings is 2. The van der Waals surface area contributed by atoms with Crippen LogP contribution in [0.4, 0.5) is 0 Å². The normalized spacial score (nSPS) is 12.8. The van der Waals surface area contributed by atoms with Crippen molar-refractivity contribution < 1.29 is 39.1 Å². The number of aromatic hydroxyl groups is 1. The third-order valence-electron chi connectivity index (χ3n) is 4.48. The second-order valence-corrected chi connectivity index (χ2v) is 6.05. The number of carboxylic acid groups (broad SMARTS) is 1. The fourth-order valence-electron chi connectivity index (χ4n) is 2.88. The van der Waals surface area contributed by atoms with Gasteiger partial charge in [-0.05, 0) is 30.3 Å². The zero-order valence-electron chi connectivity index (χ0n) is 15.9. The van der Waals surface area contributed by atoms with Crippen LogP contribution in [0.25, 0.3) is 0 Å². The smallest absolute Gasteiger partial charge is 0.343 e. The van der Waals surface area contributed by atoms with Gasteiger partial charge >= 0.3 is 5.97 Å². The minimum atomic E-state index is -1.44. The average molecular weight is 390 g/mol. The zero-order chi connectivity index (χ0) is 21.0. The Morgan fingerprint density at radius 1 is 0.964 bits per heavy atom. The first-order chi connectivity index (χ1) is 13.3. The van der Waals surface area contributed by atoms with Gasteiger partial charge in [0.15, 0.2) is 5.78 Å². The maximum Gasteiger partial charge on any atom is 0.343 e. The summed E-state index contributed by atoms with van der Waals surface area (Å²) in [5.74, 6) is -3.06. The van der Waals surface area contributed by atoms with E-state index in [-0.39, 0.29) is 11.3 Å². The molecule has 0 aliphatic heterocycles. The number of phenols is 1. The van der Waals surface area contributed by atoms with E-state index in [0.717, 1.165) is 0 Å². The lowest BCUT2D eigenvalue weighted by atomic mass is 9.88. The van der Waals surface area contributed by atoms with Gasteiger partial charge in [-0.3, -0.25) is 4.79 Å². The lowest BCUT2D eigenvalue weighted by Crippen LogP contribution is -2.21. The highest BCUT2D eigenvalue weighted by Gasteiger charge is 2.31. The summed E-state index contributed by atoms with van der Waals surface area (Å²) in [7, 11) is 4.15. The highest BCUT2D eigenvalue weighted by Crippen LogP contribution is 2.37. The second-order valence-electron chi connectivity index (χ2n) is 6.05. The number of aromatic carboxylic acids is 1. The number of hydrogen-bond donors (Lipinski definition) is 3. The maximum atomic E-state index is 12.9. The standard InChI is InChI=1S/C20H22O8/c1-10(18(22)13-9-11(26-2)5-7-14(13)27-3)17(21)12-6-8-15(28-4)16(19(12)23)20(24)25/h5-10,18,22-23H,1-4H3,(H,24,25)/t10-,18-/m0/s1. The number of ketones is 1. The minimum absolute atomic E-state index is 0.0794. The van der Waals surface area contributed by atoms with Gasteiger partial charge in [0.2, 0.25) is 0 Å². The molecule has 0 bridgehead atoms. The van der Waals surface area contributed by atoms with E-state index < -0.39 is 35.1 Å². The van der Waals surface area contributed by atoms with Gasteiger partial charge in [0.25, 0.3) is 0 Å². The zero-order valence-corrected chi connectivity index (χ0v) is 15.9. The number of aliphatic hydroxyl groups excluding tert-OH is 1. The van der Waals surface area contributed by atoms with Crippen molar-refractivity contribution in [2.24, 2.45) is 5.92 Å². The van der Waals surface area contributed by atoms with Gasteiger partial charge in [-0.15, -0.1) is 0 Å². The molecule has 0 amide bonds. The molecule has 8 nitrogen and oxygen atoms in total. The Hall–Kier alpha value is -3.26. The summed E-state index contributed by atoms with van der Waals surface area (Å²) in [4.78, 5) is 24.3. The van der Waals surface area contributed by atoms with Gasteiger partial charge in [-0.2, -0.15) is 0 Å². The van der Waals surface area contributed by atoms with Crippen LogP contribution in [-0.4, -0.2) is 48.4 Å². The molecule has 0 heterocycles. The molecule has 0 fully saturated rings. The monoisotopic (exact) mass is 390 g/mol. The van der Waals surface area contributed by atoms with E-state index in [2.05, 4.69) is 0 Å². The SMILES string of the molecule is COc1ccc(OC)c([C@@H](O)[C@@H](C)C(=O)c2ccc(OC)c(C(=O)O)c2O)c1. The van der Waals surface area contributed by atoms with E-state index >= 15 is 0 Å². The first-order valence-corrected chi connectivity index (χ1v) is 8.34. The van der Waals surface area contributed by atoms with Crippen molar-refractivity contribution in [2.75, 3.05) is 21.3 Å². The molecule has 3 N–H and O–H groups in total. The van der Waals surface area contributed by atoms with Crippen LogP contribution in [0.3, 0.4) is 0 Å². The number of rotatable bonds is 8. The van der Waals surface area contributed by atoms with Crippen LogP contribution in [0.15, 0.2) is 30.3 Å². The van der Waals surface area contributed by atoms with Crippen molar-refractivity contribution in [3.05, 3.63) is 47.0 Å². The molecule has 2 aromatic rings. The van der Waals surface area contributed by atoms with Crippen LogP contribution in [0, 0.1) is 5.92 Å². The quantitative estimate of drug-likeness (QED) is 0.588. The molecule has 0 saturated carbocycles. The Labute approximate surface area is 161 Å². The lowest BCUT2D eigenvalue weighted by Gasteiger charge is -2.21. The molecular weight excluding hydrogens is 368 g/mol. The Morgan fingerprint density at radius 3 is 2.11 bits per heavy atom. The largest absolute Gasteiger partial charge is 0.506 e. The van der Waals surface area contributed by atoms with Crippen LogP contribution in [-0.2, 0) is 0 Å². The number of Topliss-reactive ketones (excluding diaryl/α,β-unsaturated/α-hetero) is 1. The minimum Gasteiger partial charge on any atom is -0.506 e. The molecule has 150 valence electrons. The summed E-state index contributed by atoms with van der Waals surface area (Å²) in [6.07, 6.45) is -1.28. The van der Waals surface area contributed by atoms with Crippen molar-refractivity contribution in [1.29, 1.82) is 0 Å². The number of carbonyl (C=O) groups excluding carboxylic acids is 1. The predicted octanol–water partition coefficient (Wildman–Crippen LogP) is 2.67. The molecule has 0 unspecified atom stereocenters. The molecule has 2 rings (SSSR count). The third-order valence-corrected chi connectivity index (χ3v) is 4.48. The fraction of sp³-hybridized carbons (Fsp3) is 0.300. The van der Waals surface area contributed by atoms with E-state index in [9.17, 15) is 24.9 Å². The topological polar surface area (TPSA) is 123 Å². The number of carboxylic acids is 1. The van der Waals surface area contributed by atoms with E-state index in [0.29, 0.717) is 17.1 Å². The molecule has 0 aromatic heterocycles. The fourth-order valence-corrected chi connectivity index (χ4v) is 2.88. The summed E-state index contributed by atoms with van der Waals surface area (Å²) in [5.41, 5.74) is -0.422. The summed E-state index contributed by atoms with van der Waals surface area (Å²) in [6, 6.07) is 7.33. The second kappa shape index (κ2) is 8.62. The Bertz CT molecular complexity index is 890. The summed E-state index contributed by atoms with van der Waals surface area (Å²) in [6.45, 7) is 1.47. The number of aliphatic hydroxyl groups is 1. The van der Waals surface area contributed by atoms with Crippen LogP contribution in [0.5, 0.6) is 23.0 Å². The van der Waals surface area contributed by atoms with Gasteiger partial charge in [-0.25, -0.2) is 4.79 Å². The predicted molar refractivity (Wildman–Crippen MR) is 99.6 cm³/mol. The van der Waals surface area contributed by atoms with E-state index in [1.165, 1.54) is 40.4 Å². The van der Waals surface area contributed by atoms with Crippen molar-refractivity contribution in [3.63, 3.8) is 0 Å². The number of hydrogen-bond acceptors (Lipinski definition) is 7. The van der Waals surface area contributed by atoms with Crippen molar-refractivity contribution in [3.8, 4) is 23.0 Å². The molecule has 0 spiro atoms. The van der Waals surface area contributed by atoms with Gasteiger partial charge < -0.3 is 29.5 Å². The lowest BCUT2D eigenvalue weighted by molar-refractivity contribution is 0.0689. The molecule has 0 saturated heterocycles. The average Bonchev–Trinajstić information content (AvgIpc) is 2.70. The number of carbonyl (C=O) groups is 2. The van der Waals surface area contributed by atoms with Crippen LogP contribution in [0.2, 0.25) is 0 Å². The van der Waals surface area contributed by atoms with Crippen molar-refractivity contribution >= 4 is 11.8 Å². The molecule has 2 aromatic carbocycles. The molecule has 0 radical (unpaired) electrons. The molecule has 8 heteroatoms. The molecule has 2 atom stereocenters. The van der Waals surface area contributed by atoms with E-state index in [1.807, 2.05) is 0 Å². The summed E-state index contributed by atoms with van der Waals surface area (Å²) >= 11 is 0. The van der Waals surface area contributed by atoms with Crippen molar-refractivity contribution in [2.45, 2.75) is 13.0 Å². The van der Waals surface area contributed by atoms with E-state index in [4.69, 9.17) is 14.2 Å². The maximum absolute atomic E-state index is 12.9. The third kappa shape index (κ3) is 3.86. The summed E-state index contributed by atoms with van der Waals surface area (Å²) in [5, 5.41) is 30.4. The van der Waals surface area contributed by atoms with Crippen LogP contribution < -0.4 is 14.2 Å². The van der Waals surface area contributed by atoms with Crippen LogP contribution in [0.1, 0.15) is 39.3 Å². The van der Waals surface area contributed by atoms with Crippen LogP contribution >= 0.6 is 0 Å². The molecule has 0 aliphatic rings. The van der Waals surface area contributed by atoms with Gasteiger partial charge in [-0.1, -0.05) is 6.92 Å². The molecule has 28 heavy (non-hydrogen) atoms. The number of methoxy groups -OCH3 is 3. The van der Waals surface area contributed by atoms with Gasteiger partial charge in [0, 0.05) is 11.5 Å². The van der Waals surface area contributed by atoms with Gasteiger partial charge in [0.05, 0.1) is 33.0 Å². The first-order valence-electron chi connectivity index (χ1n) is 8.34. The molecule has 0 aliphatic carbocycles. The Balaban J connectivity index is 2.45. The molecular formula is C20H22O8. The number of ether oxygens (including phenoxy) is 3. The van der Waals surface area contributed by atoms with Crippen molar-refractivity contribution in [1.82, 2.24) is 0 Å². The summed E-state index contributed by atoms with van der Waals surface area (Å²) < 4.78 is 15.3. The van der Waals surface area contributed by atoms with Gasteiger partial charge in [0.1, 0.15) is 28.6 Å². The Kier molecular flexibility index (Phi) is 6.48. The highest BCUT2D eigenvalue weighted by molar-refractivity contribution is 6.05.